The standard InChI is InChI=1S/C33H35FIN3O2/c1-3-29(21-7-8-21)38-32(39)24-6-4-5-22(17-24)27-19-28-23(18-30(27)37-16-15-35)11-14-26(31(28)33(40)36-2)20-9-12-25(34)13-10-20/h4-6,9-10,12-13,17-19,21,29,37H,3,7-8,11,14-16H2,1-2H3,(H,36,40)(H,38,39)/t29-/m1/s1. The molecule has 2 aliphatic carbocycles. The minimum atomic E-state index is -0.304. The lowest BCUT2D eigenvalue weighted by atomic mass is 9.80. The number of rotatable bonds is 10. The molecule has 0 heterocycles. The Kier molecular flexibility index (Phi) is 8.88. The molecule has 5 rings (SSSR count). The van der Waals surface area contributed by atoms with Crippen LogP contribution in [-0.2, 0) is 11.2 Å². The Balaban J connectivity index is 1.60. The summed E-state index contributed by atoms with van der Waals surface area (Å²) in [5.41, 5.74) is 7.79. The first kappa shape index (κ1) is 28.3. The van der Waals surface area contributed by atoms with Crippen LogP contribution < -0.4 is 16.0 Å². The lowest BCUT2D eigenvalue weighted by molar-refractivity contribution is -0.115. The van der Waals surface area contributed by atoms with Crippen molar-refractivity contribution in [2.75, 3.05) is 23.3 Å². The number of aryl methyl sites for hydroxylation is 1. The van der Waals surface area contributed by atoms with E-state index in [4.69, 9.17) is 0 Å². The zero-order chi connectivity index (χ0) is 28.2. The van der Waals surface area contributed by atoms with E-state index < -0.39 is 0 Å². The second-order valence-electron chi connectivity index (χ2n) is 10.5. The van der Waals surface area contributed by atoms with Gasteiger partial charge in [-0.1, -0.05) is 53.8 Å². The zero-order valence-electron chi connectivity index (χ0n) is 23.0. The van der Waals surface area contributed by atoms with Crippen molar-refractivity contribution in [2.45, 2.75) is 45.1 Å². The van der Waals surface area contributed by atoms with Gasteiger partial charge < -0.3 is 16.0 Å². The quantitative estimate of drug-likeness (QED) is 0.166. The SMILES string of the molecule is CC[C@@H](NC(=O)c1cccc(-c2cc3c(cc2NCCI)CCC(c2ccc(F)cc2)=C3C(=O)NC)c1)C1CC1. The zero-order valence-corrected chi connectivity index (χ0v) is 25.1. The predicted molar refractivity (Wildman–Crippen MR) is 169 cm³/mol. The van der Waals surface area contributed by atoms with Gasteiger partial charge in [-0.25, -0.2) is 4.39 Å². The van der Waals surface area contributed by atoms with Crippen molar-refractivity contribution < 1.29 is 14.0 Å². The molecule has 3 N–H and O–H groups in total. The Labute approximate surface area is 249 Å². The van der Waals surface area contributed by atoms with E-state index in [9.17, 15) is 14.0 Å². The van der Waals surface area contributed by atoms with Crippen LogP contribution in [-0.4, -0.2) is 35.9 Å². The average Bonchev–Trinajstić information content (AvgIpc) is 3.83. The van der Waals surface area contributed by atoms with Crippen molar-refractivity contribution in [3.05, 3.63) is 88.7 Å². The molecule has 5 nitrogen and oxygen atoms in total. The molecule has 1 saturated carbocycles. The molecule has 2 amide bonds. The molecule has 1 atom stereocenters. The first-order valence-electron chi connectivity index (χ1n) is 14.0. The van der Waals surface area contributed by atoms with Gasteiger partial charge in [0.1, 0.15) is 5.82 Å². The van der Waals surface area contributed by atoms with Crippen LogP contribution in [0.2, 0.25) is 0 Å². The molecule has 2 aliphatic rings. The van der Waals surface area contributed by atoms with Gasteiger partial charge in [-0.05, 0) is 102 Å². The Morgan fingerprint density at radius 3 is 2.42 bits per heavy atom. The number of allylic oxidation sites excluding steroid dienone is 1. The van der Waals surface area contributed by atoms with Gasteiger partial charge in [0.2, 0.25) is 0 Å². The van der Waals surface area contributed by atoms with E-state index in [1.807, 2.05) is 24.3 Å². The summed E-state index contributed by atoms with van der Waals surface area (Å²) in [4.78, 5) is 26.5. The van der Waals surface area contributed by atoms with Gasteiger partial charge in [-0.3, -0.25) is 9.59 Å². The number of nitrogens with one attached hydrogen (secondary N) is 3. The Morgan fingerprint density at radius 1 is 0.975 bits per heavy atom. The largest absolute Gasteiger partial charge is 0.384 e. The number of benzene rings is 3. The van der Waals surface area contributed by atoms with E-state index in [0.29, 0.717) is 23.5 Å². The maximum atomic E-state index is 13.7. The molecule has 0 radical (unpaired) electrons. The van der Waals surface area contributed by atoms with Gasteiger partial charge in [-0.15, -0.1) is 0 Å². The first-order valence-corrected chi connectivity index (χ1v) is 15.6. The number of fused-ring (bicyclic) bond motifs is 1. The summed E-state index contributed by atoms with van der Waals surface area (Å²) in [7, 11) is 1.64. The third-order valence-electron chi connectivity index (χ3n) is 7.90. The molecular weight excluding hydrogens is 616 g/mol. The molecule has 1 fully saturated rings. The van der Waals surface area contributed by atoms with Crippen molar-refractivity contribution in [1.82, 2.24) is 10.6 Å². The molecule has 208 valence electrons. The number of hydrogen-bond acceptors (Lipinski definition) is 3. The summed E-state index contributed by atoms with van der Waals surface area (Å²) in [5.74, 6) is 0.0663. The number of carbonyl (C=O) groups excluding carboxylic acids is 2. The van der Waals surface area contributed by atoms with Gasteiger partial charge in [0.05, 0.1) is 5.57 Å². The van der Waals surface area contributed by atoms with Crippen LogP contribution in [0.1, 0.15) is 59.7 Å². The highest BCUT2D eigenvalue weighted by molar-refractivity contribution is 14.1. The molecule has 3 aromatic carbocycles. The van der Waals surface area contributed by atoms with Crippen LogP contribution in [0.4, 0.5) is 10.1 Å². The van der Waals surface area contributed by atoms with Crippen LogP contribution in [0.25, 0.3) is 22.3 Å². The lowest BCUT2D eigenvalue weighted by Crippen LogP contribution is -2.35. The van der Waals surface area contributed by atoms with Gasteiger partial charge in [0.15, 0.2) is 0 Å². The van der Waals surface area contributed by atoms with Crippen LogP contribution in [0.3, 0.4) is 0 Å². The number of likely N-dealkylation sites (N-methyl/N-ethyl adjacent to an activating group) is 1. The van der Waals surface area contributed by atoms with E-state index in [1.54, 1.807) is 19.2 Å². The summed E-state index contributed by atoms with van der Waals surface area (Å²) < 4.78 is 14.6. The topological polar surface area (TPSA) is 70.2 Å². The highest BCUT2D eigenvalue weighted by Crippen LogP contribution is 2.42. The van der Waals surface area contributed by atoms with Gasteiger partial charge >= 0.3 is 0 Å². The number of carbonyl (C=O) groups is 2. The Morgan fingerprint density at radius 2 is 1.75 bits per heavy atom. The fraction of sp³-hybridized carbons (Fsp3) is 0.333. The monoisotopic (exact) mass is 651 g/mol. The minimum absolute atomic E-state index is 0.0510. The second kappa shape index (κ2) is 12.5. The second-order valence-corrected chi connectivity index (χ2v) is 11.6. The first-order chi connectivity index (χ1) is 19.4. The van der Waals surface area contributed by atoms with E-state index in [1.165, 1.54) is 25.0 Å². The maximum Gasteiger partial charge on any atom is 0.251 e. The van der Waals surface area contributed by atoms with Crippen molar-refractivity contribution in [3.63, 3.8) is 0 Å². The van der Waals surface area contributed by atoms with E-state index >= 15 is 0 Å². The van der Waals surface area contributed by atoms with Crippen LogP contribution in [0, 0.1) is 11.7 Å². The molecule has 0 unspecified atom stereocenters. The molecule has 40 heavy (non-hydrogen) atoms. The number of alkyl halides is 1. The van der Waals surface area contributed by atoms with Gasteiger partial charge in [0, 0.05) is 40.9 Å². The molecule has 0 spiro atoms. The number of hydrogen-bond donors (Lipinski definition) is 3. The van der Waals surface area contributed by atoms with E-state index in [2.05, 4.69) is 57.6 Å². The van der Waals surface area contributed by atoms with Crippen LogP contribution in [0.15, 0.2) is 60.7 Å². The van der Waals surface area contributed by atoms with Crippen molar-refractivity contribution in [1.29, 1.82) is 0 Å². The fourth-order valence-corrected chi connectivity index (χ4v) is 5.92. The Bertz CT molecular complexity index is 1450. The van der Waals surface area contributed by atoms with Crippen LogP contribution in [0.5, 0.6) is 0 Å². The normalized spacial score (nSPS) is 15.3. The summed E-state index contributed by atoms with van der Waals surface area (Å²) in [6, 6.07) is 18.5. The number of amides is 2. The Hall–Kier alpha value is -3.20. The minimum Gasteiger partial charge on any atom is -0.384 e. The van der Waals surface area contributed by atoms with E-state index in [0.717, 1.165) is 62.9 Å². The van der Waals surface area contributed by atoms with Crippen LogP contribution >= 0.6 is 22.6 Å². The molecule has 0 aliphatic heterocycles. The highest BCUT2D eigenvalue weighted by Gasteiger charge is 2.31. The predicted octanol–water partition coefficient (Wildman–Crippen LogP) is 6.86. The van der Waals surface area contributed by atoms with Gasteiger partial charge in [-0.2, -0.15) is 0 Å². The average molecular weight is 652 g/mol. The summed E-state index contributed by atoms with van der Waals surface area (Å²) in [6.45, 7) is 2.92. The highest BCUT2D eigenvalue weighted by atomic mass is 127. The molecule has 3 aromatic rings. The number of halogens is 2. The molecule has 7 heteroatoms. The summed E-state index contributed by atoms with van der Waals surface area (Å²) >= 11 is 2.35. The fourth-order valence-electron chi connectivity index (χ4n) is 5.65. The molecule has 0 aromatic heterocycles. The number of anilines is 1. The molecular formula is C33H35FIN3O2. The maximum absolute atomic E-state index is 13.7. The van der Waals surface area contributed by atoms with Crippen molar-refractivity contribution in [3.8, 4) is 11.1 Å². The summed E-state index contributed by atoms with van der Waals surface area (Å²) in [6.07, 6.45) is 4.74. The summed E-state index contributed by atoms with van der Waals surface area (Å²) in [5, 5.41) is 9.62. The molecule has 0 bridgehead atoms. The smallest absolute Gasteiger partial charge is 0.251 e. The van der Waals surface area contributed by atoms with E-state index in [-0.39, 0.29) is 23.7 Å². The van der Waals surface area contributed by atoms with Gasteiger partial charge in [0.25, 0.3) is 11.8 Å². The third-order valence-corrected chi connectivity index (χ3v) is 8.44. The molecule has 0 saturated heterocycles. The van der Waals surface area contributed by atoms with Crippen molar-refractivity contribution >= 4 is 51.2 Å². The van der Waals surface area contributed by atoms with Crippen molar-refractivity contribution in [2.24, 2.45) is 5.92 Å². The lowest BCUT2D eigenvalue weighted by Gasteiger charge is -2.26. The third kappa shape index (κ3) is 6.09.